The number of aliphatic carboxylic acids is 1. The molecule has 0 aromatic heterocycles. The minimum absolute atomic E-state index is 0.0168. The highest BCUT2D eigenvalue weighted by atomic mass is 32.1. The summed E-state index contributed by atoms with van der Waals surface area (Å²) in [5.74, 6) is -1.18. The highest BCUT2D eigenvalue weighted by Gasteiger charge is 2.22. The molecule has 0 heterocycles. The number of hydrogen-bond donors (Lipinski definition) is 2. The second-order valence-corrected chi connectivity index (χ2v) is 6.87. The van der Waals surface area contributed by atoms with E-state index in [9.17, 15) is 14.4 Å². The highest BCUT2D eigenvalue weighted by molar-refractivity contribution is 7.80. The average molecular weight is 359 g/mol. The highest BCUT2D eigenvalue weighted by Crippen LogP contribution is 2.26. The Morgan fingerprint density at radius 2 is 1.92 bits per heavy atom. The fraction of sp³-hybridized carbons (Fsp3) is 0.824. The maximum absolute atomic E-state index is 12.1. The van der Waals surface area contributed by atoms with E-state index in [2.05, 4.69) is 12.6 Å². The van der Waals surface area contributed by atoms with Crippen molar-refractivity contribution in [2.24, 2.45) is 11.8 Å². The van der Waals surface area contributed by atoms with Gasteiger partial charge in [0.1, 0.15) is 6.54 Å². The Hall–Kier alpha value is -1.24. The minimum Gasteiger partial charge on any atom is -0.480 e. The number of ether oxygens (including phenoxy) is 1. The first kappa shape index (κ1) is 20.8. The van der Waals surface area contributed by atoms with Gasteiger partial charge in [0.05, 0.1) is 13.0 Å². The number of hydrogen-bond acceptors (Lipinski definition) is 5. The number of esters is 1. The number of amides is 1. The van der Waals surface area contributed by atoms with E-state index in [0.717, 1.165) is 6.42 Å². The lowest BCUT2D eigenvalue weighted by molar-refractivity contribution is -0.149. The molecule has 1 unspecified atom stereocenters. The summed E-state index contributed by atoms with van der Waals surface area (Å²) in [5, 5.41) is 8.91. The van der Waals surface area contributed by atoms with Gasteiger partial charge < -0.3 is 14.7 Å². The molecular weight excluding hydrogens is 330 g/mol. The first-order valence-corrected chi connectivity index (χ1v) is 9.34. The number of carbonyl (C=O) groups excluding carboxylic acids is 2. The van der Waals surface area contributed by atoms with Crippen LogP contribution in [0.15, 0.2) is 0 Å². The van der Waals surface area contributed by atoms with Gasteiger partial charge in [-0.25, -0.2) is 0 Å². The standard InChI is InChI=1S/C17H29NO5S/c1-13(12-24)17(22)18(11-15(19)20)9-7-16(21)23-10-8-14-5-3-2-4-6-14/h13-14,24H,2-12H2,1H3,(H,19,20). The number of rotatable bonds is 10. The van der Waals surface area contributed by atoms with Gasteiger partial charge in [0.2, 0.25) is 5.91 Å². The topological polar surface area (TPSA) is 83.9 Å². The van der Waals surface area contributed by atoms with E-state index in [-0.39, 0.29) is 30.8 Å². The van der Waals surface area contributed by atoms with E-state index in [1.54, 1.807) is 6.92 Å². The summed E-state index contributed by atoms with van der Waals surface area (Å²) in [6.07, 6.45) is 7.14. The van der Waals surface area contributed by atoms with Gasteiger partial charge in [0.15, 0.2) is 0 Å². The van der Waals surface area contributed by atoms with Crippen LogP contribution in [0.1, 0.15) is 51.9 Å². The second kappa shape index (κ2) is 11.3. The van der Waals surface area contributed by atoms with Crippen LogP contribution in [0.4, 0.5) is 0 Å². The van der Waals surface area contributed by atoms with E-state index in [0.29, 0.717) is 18.3 Å². The molecule has 1 aliphatic carbocycles. The van der Waals surface area contributed by atoms with Crippen LogP contribution in [0.5, 0.6) is 0 Å². The van der Waals surface area contributed by atoms with Crippen molar-refractivity contribution in [3.63, 3.8) is 0 Å². The molecule has 1 saturated carbocycles. The molecule has 1 aliphatic rings. The van der Waals surface area contributed by atoms with Gasteiger partial charge in [0, 0.05) is 18.2 Å². The lowest BCUT2D eigenvalue weighted by Gasteiger charge is -2.23. The summed E-state index contributed by atoms with van der Waals surface area (Å²) in [4.78, 5) is 36.0. The molecule has 1 fully saturated rings. The molecule has 0 aromatic rings. The van der Waals surface area contributed by atoms with Crippen molar-refractivity contribution >= 4 is 30.5 Å². The molecule has 0 bridgehead atoms. The van der Waals surface area contributed by atoms with Crippen molar-refractivity contribution in [3.05, 3.63) is 0 Å². The van der Waals surface area contributed by atoms with Crippen molar-refractivity contribution in [1.29, 1.82) is 0 Å². The summed E-state index contributed by atoms with van der Waals surface area (Å²) < 4.78 is 5.23. The molecule has 7 heteroatoms. The third-order valence-corrected chi connectivity index (χ3v) is 4.98. The molecule has 24 heavy (non-hydrogen) atoms. The molecule has 1 atom stereocenters. The van der Waals surface area contributed by atoms with Crippen LogP contribution in [0.3, 0.4) is 0 Å². The second-order valence-electron chi connectivity index (χ2n) is 6.50. The van der Waals surface area contributed by atoms with Gasteiger partial charge in [-0.2, -0.15) is 12.6 Å². The maximum atomic E-state index is 12.1. The molecule has 1 rings (SSSR count). The maximum Gasteiger partial charge on any atom is 0.323 e. The zero-order valence-corrected chi connectivity index (χ0v) is 15.3. The smallest absolute Gasteiger partial charge is 0.323 e. The van der Waals surface area contributed by atoms with Crippen LogP contribution < -0.4 is 0 Å². The monoisotopic (exact) mass is 359 g/mol. The van der Waals surface area contributed by atoms with E-state index < -0.39 is 12.5 Å². The molecule has 0 aliphatic heterocycles. The van der Waals surface area contributed by atoms with Crippen LogP contribution in [0, 0.1) is 11.8 Å². The Balaban J connectivity index is 2.31. The zero-order chi connectivity index (χ0) is 17.9. The number of thiol groups is 1. The molecule has 0 spiro atoms. The number of carboxylic acid groups (broad SMARTS) is 1. The van der Waals surface area contributed by atoms with Gasteiger partial charge in [-0.05, 0) is 12.3 Å². The SMILES string of the molecule is CC(CS)C(=O)N(CCC(=O)OCCC1CCCCC1)CC(=O)O. The number of nitrogens with zero attached hydrogens (tertiary/aromatic N) is 1. The third kappa shape index (κ3) is 8.04. The fourth-order valence-corrected chi connectivity index (χ4v) is 3.09. The molecule has 0 radical (unpaired) electrons. The molecule has 1 N–H and O–H groups in total. The van der Waals surface area contributed by atoms with E-state index in [4.69, 9.17) is 9.84 Å². The lowest BCUT2D eigenvalue weighted by atomic mass is 9.87. The first-order chi connectivity index (χ1) is 11.4. The van der Waals surface area contributed by atoms with Crippen LogP contribution in [0.2, 0.25) is 0 Å². The minimum atomic E-state index is -1.10. The fourth-order valence-electron chi connectivity index (χ4n) is 2.93. The predicted octanol–water partition coefficient (Wildman–Crippen LogP) is 2.37. The Morgan fingerprint density at radius 1 is 1.25 bits per heavy atom. The van der Waals surface area contributed by atoms with E-state index >= 15 is 0 Å². The van der Waals surface area contributed by atoms with Crippen LogP contribution in [-0.2, 0) is 19.1 Å². The molecule has 0 saturated heterocycles. The summed E-state index contributed by atoms with van der Waals surface area (Å²) >= 11 is 4.06. The van der Waals surface area contributed by atoms with Crippen molar-refractivity contribution in [2.45, 2.75) is 51.9 Å². The van der Waals surface area contributed by atoms with Gasteiger partial charge in [0.25, 0.3) is 0 Å². The zero-order valence-electron chi connectivity index (χ0n) is 14.4. The normalized spacial score (nSPS) is 16.4. The first-order valence-electron chi connectivity index (χ1n) is 8.71. The molecule has 6 nitrogen and oxygen atoms in total. The van der Waals surface area contributed by atoms with Gasteiger partial charge in [-0.1, -0.05) is 39.0 Å². The molecule has 138 valence electrons. The van der Waals surface area contributed by atoms with Gasteiger partial charge in [-0.15, -0.1) is 0 Å². The van der Waals surface area contributed by atoms with Crippen molar-refractivity contribution < 1.29 is 24.2 Å². The third-order valence-electron chi connectivity index (χ3n) is 4.43. The Morgan fingerprint density at radius 3 is 2.50 bits per heavy atom. The molecule has 0 aromatic carbocycles. The molecule has 1 amide bonds. The predicted molar refractivity (Wildman–Crippen MR) is 94.0 cm³/mol. The summed E-state index contributed by atoms with van der Waals surface area (Å²) in [6, 6.07) is 0. The van der Waals surface area contributed by atoms with Crippen molar-refractivity contribution in [2.75, 3.05) is 25.4 Å². The van der Waals surface area contributed by atoms with Gasteiger partial charge >= 0.3 is 11.9 Å². The Labute approximate surface area is 149 Å². The Kier molecular flexibility index (Phi) is 9.83. The summed E-state index contributed by atoms with van der Waals surface area (Å²) in [6.45, 7) is 1.74. The average Bonchev–Trinajstić information content (AvgIpc) is 2.57. The van der Waals surface area contributed by atoms with E-state index in [1.807, 2.05) is 0 Å². The van der Waals surface area contributed by atoms with Crippen LogP contribution in [-0.4, -0.2) is 53.3 Å². The summed E-state index contributed by atoms with van der Waals surface area (Å²) in [5.41, 5.74) is 0. The lowest BCUT2D eigenvalue weighted by Crippen LogP contribution is -2.40. The van der Waals surface area contributed by atoms with Gasteiger partial charge in [-0.3, -0.25) is 14.4 Å². The van der Waals surface area contributed by atoms with E-state index in [1.165, 1.54) is 37.0 Å². The van der Waals surface area contributed by atoms with Crippen LogP contribution in [0.25, 0.3) is 0 Å². The summed E-state index contributed by atoms with van der Waals surface area (Å²) in [7, 11) is 0. The number of carboxylic acids is 1. The van der Waals surface area contributed by atoms with Crippen LogP contribution >= 0.6 is 12.6 Å². The Bertz CT molecular complexity index is 423. The van der Waals surface area contributed by atoms with Crippen molar-refractivity contribution in [3.8, 4) is 0 Å². The number of carbonyl (C=O) groups is 3. The quantitative estimate of drug-likeness (QED) is 0.462. The largest absolute Gasteiger partial charge is 0.480 e. The van der Waals surface area contributed by atoms with Crippen molar-refractivity contribution in [1.82, 2.24) is 4.90 Å². The molecular formula is C17H29NO5S.